The van der Waals surface area contributed by atoms with Crippen LogP contribution < -0.4 is 5.32 Å². The molecule has 0 radical (unpaired) electrons. The van der Waals surface area contributed by atoms with Crippen molar-refractivity contribution >= 4 is 5.97 Å². The molecule has 2 aliphatic rings. The summed E-state index contributed by atoms with van der Waals surface area (Å²) in [7, 11) is 1.38. The highest BCUT2D eigenvalue weighted by molar-refractivity contribution is 5.87. The number of ether oxygens (including phenoxy) is 1. The molecule has 2 saturated heterocycles. The van der Waals surface area contributed by atoms with Gasteiger partial charge in [-0.25, -0.2) is 4.79 Å². The summed E-state index contributed by atoms with van der Waals surface area (Å²) in [5.74, 6) is 2.31. The fraction of sp³-hybridized carbons (Fsp3) is 0.688. The van der Waals surface area contributed by atoms with E-state index in [0.717, 1.165) is 55.8 Å². The smallest absolute Gasteiger partial charge is 0.374 e. The number of nitrogens with one attached hydrogen (secondary N) is 1. The van der Waals surface area contributed by atoms with E-state index in [1.54, 1.807) is 0 Å². The van der Waals surface area contributed by atoms with Crippen LogP contribution in [-0.2, 0) is 11.3 Å². The molecule has 0 aromatic carbocycles. The van der Waals surface area contributed by atoms with Crippen molar-refractivity contribution in [2.24, 2.45) is 11.8 Å². The molecule has 3 unspecified atom stereocenters. The first kappa shape index (κ1) is 14.6. The number of hydrogen-bond donors (Lipinski definition) is 1. The average Bonchev–Trinajstić information content (AvgIpc) is 3.12. The number of fused-ring (bicyclic) bond motifs is 1. The van der Waals surface area contributed by atoms with Gasteiger partial charge in [0.15, 0.2) is 0 Å². The van der Waals surface area contributed by atoms with E-state index in [4.69, 9.17) is 9.15 Å². The molecule has 0 spiro atoms. The summed E-state index contributed by atoms with van der Waals surface area (Å²) in [5, 5.41) is 3.50. The monoisotopic (exact) mass is 292 g/mol. The van der Waals surface area contributed by atoms with Crippen LogP contribution in [-0.4, -0.2) is 43.7 Å². The van der Waals surface area contributed by atoms with Crippen molar-refractivity contribution in [3.8, 4) is 0 Å². The third-order valence-electron chi connectivity index (χ3n) is 4.94. The van der Waals surface area contributed by atoms with Crippen molar-refractivity contribution in [2.75, 3.05) is 26.7 Å². The number of carbonyl (C=O) groups is 1. The quantitative estimate of drug-likeness (QED) is 0.858. The highest BCUT2D eigenvalue weighted by atomic mass is 16.5. The van der Waals surface area contributed by atoms with Gasteiger partial charge in [0.1, 0.15) is 5.76 Å². The van der Waals surface area contributed by atoms with E-state index in [-0.39, 0.29) is 0 Å². The Morgan fingerprint density at radius 3 is 3.05 bits per heavy atom. The predicted molar refractivity (Wildman–Crippen MR) is 79.1 cm³/mol. The Morgan fingerprint density at radius 2 is 2.33 bits per heavy atom. The summed E-state index contributed by atoms with van der Waals surface area (Å²) < 4.78 is 10.5. The molecule has 0 amide bonds. The topological polar surface area (TPSA) is 54.7 Å². The lowest BCUT2D eigenvalue weighted by Gasteiger charge is -2.25. The summed E-state index contributed by atoms with van der Waals surface area (Å²) in [4.78, 5) is 14.1. The van der Waals surface area contributed by atoms with Gasteiger partial charge in [-0.1, -0.05) is 6.92 Å². The summed E-state index contributed by atoms with van der Waals surface area (Å²) in [6, 6.07) is 2.57. The van der Waals surface area contributed by atoms with Gasteiger partial charge in [-0.05, 0) is 44.3 Å². The lowest BCUT2D eigenvalue weighted by molar-refractivity contribution is 0.0559. The predicted octanol–water partition coefficient (Wildman–Crippen LogP) is 1.80. The molecule has 1 aromatic rings. The van der Waals surface area contributed by atoms with Gasteiger partial charge in [0.25, 0.3) is 0 Å². The number of esters is 1. The summed E-state index contributed by atoms with van der Waals surface area (Å²) in [6.45, 7) is 8.30. The standard InChI is InChI=1S/C16H24N2O3/c1-4-14-13-7-17-6-11(13)8-18(14)9-12-5-10(2)15(21-12)16(19)20-3/h5,11,13-14,17H,4,6-9H2,1-3H3. The van der Waals surface area contributed by atoms with Crippen LogP contribution in [0.1, 0.15) is 35.2 Å². The average molecular weight is 292 g/mol. The third-order valence-corrected chi connectivity index (χ3v) is 4.94. The van der Waals surface area contributed by atoms with Crippen LogP contribution >= 0.6 is 0 Å². The van der Waals surface area contributed by atoms with E-state index in [0.29, 0.717) is 11.8 Å². The van der Waals surface area contributed by atoms with Crippen molar-refractivity contribution in [1.82, 2.24) is 10.2 Å². The maximum Gasteiger partial charge on any atom is 0.374 e. The Kier molecular flexibility index (Phi) is 4.04. The van der Waals surface area contributed by atoms with Crippen molar-refractivity contribution in [3.05, 3.63) is 23.2 Å². The van der Waals surface area contributed by atoms with Crippen LogP contribution in [0.4, 0.5) is 0 Å². The zero-order chi connectivity index (χ0) is 15.0. The van der Waals surface area contributed by atoms with Crippen molar-refractivity contribution in [3.63, 3.8) is 0 Å². The maximum absolute atomic E-state index is 11.6. The SMILES string of the molecule is CCC1C2CNCC2CN1Cc1cc(C)c(C(=O)OC)o1. The number of furan rings is 1. The van der Waals surface area contributed by atoms with Gasteiger partial charge in [0, 0.05) is 18.2 Å². The van der Waals surface area contributed by atoms with Crippen molar-refractivity contribution < 1.29 is 13.9 Å². The van der Waals surface area contributed by atoms with Crippen LogP contribution in [0.2, 0.25) is 0 Å². The van der Waals surface area contributed by atoms with Gasteiger partial charge >= 0.3 is 5.97 Å². The van der Waals surface area contributed by atoms with Gasteiger partial charge in [0.2, 0.25) is 5.76 Å². The maximum atomic E-state index is 11.6. The third kappa shape index (κ3) is 2.60. The summed E-state index contributed by atoms with van der Waals surface area (Å²) in [5.41, 5.74) is 0.853. The first-order chi connectivity index (χ1) is 10.1. The molecule has 3 heterocycles. The highest BCUT2D eigenvalue weighted by Gasteiger charge is 2.43. The first-order valence-electron chi connectivity index (χ1n) is 7.76. The number of aryl methyl sites for hydroxylation is 1. The molecule has 5 heteroatoms. The number of methoxy groups -OCH3 is 1. The van der Waals surface area contributed by atoms with Crippen molar-refractivity contribution in [1.29, 1.82) is 0 Å². The second-order valence-corrected chi connectivity index (χ2v) is 6.20. The zero-order valence-electron chi connectivity index (χ0n) is 13.0. The molecule has 3 rings (SSSR count). The first-order valence-corrected chi connectivity index (χ1v) is 7.76. The molecule has 21 heavy (non-hydrogen) atoms. The van der Waals surface area contributed by atoms with Crippen LogP contribution in [0.3, 0.4) is 0 Å². The van der Waals surface area contributed by atoms with E-state index in [1.165, 1.54) is 7.11 Å². The van der Waals surface area contributed by atoms with E-state index < -0.39 is 5.97 Å². The van der Waals surface area contributed by atoms with Crippen molar-refractivity contribution in [2.45, 2.75) is 32.9 Å². The molecular formula is C16H24N2O3. The number of carbonyl (C=O) groups excluding carboxylic acids is 1. The van der Waals surface area contributed by atoms with Gasteiger partial charge in [-0.15, -0.1) is 0 Å². The molecule has 0 aliphatic carbocycles. The van der Waals surface area contributed by atoms with E-state index >= 15 is 0 Å². The molecular weight excluding hydrogens is 268 g/mol. The van der Waals surface area contributed by atoms with Crippen LogP contribution in [0.5, 0.6) is 0 Å². The number of nitrogens with zero attached hydrogens (tertiary/aromatic N) is 1. The van der Waals surface area contributed by atoms with Gasteiger partial charge in [-0.2, -0.15) is 0 Å². The molecule has 3 atom stereocenters. The number of rotatable bonds is 4. The van der Waals surface area contributed by atoms with Crippen LogP contribution in [0.25, 0.3) is 0 Å². The highest BCUT2D eigenvalue weighted by Crippen LogP contribution is 2.35. The molecule has 2 fully saturated rings. The Balaban J connectivity index is 1.73. The molecule has 1 N–H and O–H groups in total. The second-order valence-electron chi connectivity index (χ2n) is 6.20. The normalized spacial score (nSPS) is 28.8. The van der Waals surface area contributed by atoms with E-state index in [2.05, 4.69) is 17.1 Å². The fourth-order valence-electron chi connectivity index (χ4n) is 3.98. The van der Waals surface area contributed by atoms with Crippen LogP contribution in [0.15, 0.2) is 10.5 Å². The molecule has 0 saturated carbocycles. The minimum absolute atomic E-state index is 0.335. The van der Waals surface area contributed by atoms with Gasteiger partial charge in [0.05, 0.1) is 13.7 Å². The number of hydrogen-bond acceptors (Lipinski definition) is 5. The molecule has 116 valence electrons. The lowest BCUT2D eigenvalue weighted by atomic mass is 9.93. The van der Waals surface area contributed by atoms with E-state index in [9.17, 15) is 4.79 Å². The van der Waals surface area contributed by atoms with Gasteiger partial charge in [-0.3, -0.25) is 4.90 Å². The fourth-order valence-corrected chi connectivity index (χ4v) is 3.98. The Hall–Kier alpha value is -1.33. The molecule has 2 aliphatic heterocycles. The second kappa shape index (κ2) is 5.81. The largest absolute Gasteiger partial charge is 0.463 e. The molecule has 0 bridgehead atoms. The Labute approximate surface area is 125 Å². The summed E-state index contributed by atoms with van der Waals surface area (Å²) >= 11 is 0. The minimum atomic E-state index is -0.395. The molecule has 5 nitrogen and oxygen atoms in total. The van der Waals surface area contributed by atoms with Gasteiger partial charge < -0.3 is 14.5 Å². The Bertz CT molecular complexity index is 526. The Morgan fingerprint density at radius 1 is 1.52 bits per heavy atom. The summed E-state index contributed by atoms with van der Waals surface area (Å²) in [6.07, 6.45) is 1.16. The lowest BCUT2D eigenvalue weighted by Crippen LogP contribution is -2.34. The zero-order valence-corrected chi connectivity index (χ0v) is 13.0. The number of likely N-dealkylation sites (tertiary alicyclic amines) is 1. The van der Waals surface area contributed by atoms with E-state index in [1.807, 2.05) is 13.0 Å². The minimum Gasteiger partial charge on any atom is -0.463 e. The molecule has 1 aromatic heterocycles. The van der Waals surface area contributed by atoms with Crippen LogP contribution in [0, 0.1) is 18.8 Å².